The average Bonchev–Trinajstić information content (AvgIpc) is 2.41. The molecule has 0 aromatic heterocycles. The van der Waals surface area contributed by atoms with Gasteiger partial charge in [0.25, 0.3) is 0 Å². The van der Waals surface area contributed by atoms with E-state index in [0.29, 0.717) is 5.56 Å². The summed E-state index contributed by atoms with van der Waals surface area (Å²) in [7, 11) is 0. The van der Waals surface area contributed by atoms with Crippen molar-refractivity contribution in [1.82, 2.24) is 0 Å². The summed E-state index contributed by atoms with van der Waals surface area (Å²) in [5, 5.41) is 5.94. The minimum absolute atomic E-state index is 0.0520. The summed E-state index contributed by atoms with van der Waals surface area (Å²) < 4.78 is 0. The summed E-state index contributed by atoms with van der Waals surface area (Å²) in [6.07, 6.45) is 0. The van der Waals surface area contributed by atoms with E-state index in [1.807, 2.05) is 36.4 Å². The summed E-state index contributed by atoms with van der Waals surface area (Å²) in [5.41, 5.74) is 3.27. The van der Waals surface area contributed by atoms with Crippen LogP contribution in [0.25, 0.3) is 0 Å². The van der Waals surface area contributed by atoms with Crippen molar-refractivity contribution in [2.45, 2.75) is 13.8 Å². The zero-order valence-electron chi connectivity index (χ0n) is 11.4. The maximum atomic E-state index is 11.2. The predicted molar refractivity (Wildman–Crippen MR) is 80.5 cm³/mol. The summed E-state index contributed by atoms with van der Waals surface area (Å²) in [6.45, 7) is 3.02. The Balaban J connectivity index is 2.06. The summed E-state index contributed by atoms with van der Waals surface area (Å²) in [4.78, 5) is 22.1. The van der Waals surface area contributed by atoms with Gasteiger partial charge in [0.05, 0.1) is 0 Å². The number of benzene rings is 2. The normalized spacial score (nSPS) is 9.90. The third-order valence-electron chi connectivity index (χ3n) is 2.79. The lowest BCUT2D eigenvalue weighted by Gasteiger charge is -2.08. The highest BCUT2D eigenvalue weighted by molar-refractivity contribution is 5.94. The standard InChI is InChI=1S/C16H16N2O2/c1-11(19)13-3-5-15(6-4-13)18-16-9-7-14(8-10-16)17-12(2)20/h3-10,18H,1-2H3,(H,17,20). The van der Waals surface area contributed by atoms with Gasteiger partial charge in [-0.15, -0.1) is 0 Å². The number of hydrogen-bond donors (Lipinski definition) is 2. The topological polar surface area (TPSA) is 58.2 Å². The Morgan fingerprint density at radius 1 is 0.750 bits per heavy atom. The number of hydrogen-bond acceptors (Lipinski definition) is 3. The van der Waals surface area contributed by atoms with E-state index in [-0.39, 0.29) is 11.7 Å². The molecule has 2 rings (SSSR count). The molecule has 0 bridgehead atoms. The molecule has 0 aliphatic rings. The molecule has 20 heavy (non-hydrogen) atoms. The third kappa shape index (κ3) is 3.68. The van der Waals surface area contributed by atoms with Gasteiger partial charge >= 0.3 is 0 Å². The van der Waals surface area contributed by atoms with Crippen LogP contribution in [0.3, 0.4) is 0 Å². The molecule has 0 saturated carbocycles. The van der Waals surface area contributed by atoms with Gasteiger partial charge in [0, 0.05) is 29.5 Å². The predicted octanol–water partition coefficient (Wildman–Crippen LogP) is 3.59. The van der Waals surface area contributed by atoms with Crippen LogP contribution in [-0.2, 0) is 4.79 Å². The van der Waals surface area contributed by atoms with Crippen LogP contribution in [-0.4, -0.2) is 11.7 Å². The highest BCUT2D eigenvalue weighted by Gasteiger charge is 2.00. The van der Waals surface area contributed by atoms with Crippen LogP contribution >= 0.6 is 0 Å². The molecule has 0 saturated heterocycles. The molecule has 102 valence electrons. The molecule has 0 atom stereocenters. The summed E-state index contributed by atoms with van der Waals surface area (Å²) in [5.74, 6) is -0.0401. The van der Waals surface area contributed by atoms with Crippen LogP contribution in [0, 0.1) is 0 Å². The molecule has 0 heterocycles. The fraction of sp³-hybridized carbons (Fsp3) is 0.125. The van der Waals surface area contributed by atoms with Gasteiger partial charge in [-0.2, -0.15) is 0 Å². The highest BCUT2D eigenvalue weighted by Crippen LogP contribution is 2.19. The van der Waals surface area contributed by atoms with E-state index >= 15 is 0 Å². The van der Waals surface area contributed by atoms with Crippen LogP contribution in [0.5, 0.6) is 0 Å². The lowest BCUT2D eigenvalue weighted by Crippen LogP contribution is -2.05. The monoisotopic (exact) mass is 268 g/mol. The van der Waals surface area contributed by atoms with Crippen molar-refractivity contribution >= 4 is 28.8 Å². The van der Waals surface area contributed by atoms with Crippen molar-refractivity contribution in [3.8, 4) is 0 Å². The number of rotatable bonds is 4. The Morgan fingerprint density at radius 3 is 1.65 bits per heavy atom. The fourth-order valence-electron chi connectivity index (χ4n) is 1.80. The number of Topliss-reactive ketones (excluding diaryl/α,β-unsaturated/α-hetero) is 1. The zero-order chi connectivity index (χ0) is 14.5. The first-order valence-electron chi connectivity index (χ1n) is 6.30. The van der Waals surface area contributed by atoms with E-state index < -0.39 is 0 Å². The van der Waals surface area contributed by atoms with E-state index in [0.717, 1.165) is 17.1 Å². The maximum absolute atomic E-state index is 11.2. The minimum Gasteiger partial charge on any atom is -0.356 e. The van der Waals surface area contributed by atoms with Gasteiger partial charge in [0.15, 0.2) is 5.78 Å². The van der Waals surface area contributed by atoms with Crippen molar-refractivity contribution in [1.29, 1.82) is 0 Å². The number of anilines is 3. The second-order valence-corrected chi connectivity index (χ2v) is 4.52. The second kappa shape index (κ2) is 6.02. The SMILES string of the molecule is CC(=O)Nc1ccc(Nc2ccc(C(C)=O)cc2)cc1. The molecular formula is C16H16N2O2. The Labute approximate surface area is 117 Å². The Hall–Kier alpha value is -2.62. The van der Waals surface area contributed by atoms with Crippen molar-refractivity contribution in [2.75, 3.05) is 10.6 Å². The summed E-state index contributed by atoms with van der Waals surface area (Å²) >= 11 is 0. The number of amides is 1. The van der Waals surface area contributed by atoms with Gasteiger partial charge < -0.3 is 10.6 Å². The second-order valence-electron chi connectivity index (χ2n) is 4.52. The van der Waals surface area contributed by atoms with Crippen molar-refractivity contribution < 1.29 is 9.59 Å². The minimum atomic E-state index is -0.0921. The van der Waals surface area contributed by atoms with E-state index in [4.69, 9.17) is 0 Å². The molecule has 0 fully saturated rings. The number of carbonyl (C=O) groups is 2. The largest absolute Gasteiger partial charge is 0.356 e. The lowest BCUT2D eigenvalue weighted by molar-refractivity contribution is -0.114. The van der Waals surface area contributed by atoms with Crippen LogP contribution in [0.2, 0.25) is 0 Å². The van der Waals surface area contributed by atoms with E-state index in [1.54, 1.807) is 19.1 Å². The first-order chi connectivity index (χ1) is 9.54. The number of nitrogens with one attached hydrogen (secondary N) is 2. The highest BCUT2D eigenvalue weighted by atomic mass is 16.1. The van der Waals surface area contributed by atoms with Gasteiger partial charge in [-0.05, 0) is 55.5 Å². The van der Waals surface area contributed by atoms with Gasteiger partial charge in [0.2, 0.25) is 5.91 Å². The van der Waals surface area contributed by atoms with Crippen LogP contribution < -0.4 is 10.6 Å². The molecule has 0 aliphatic heterocycles. The molecule has 2 aromatic rings. The third-order valence-corrected chi connectivity index (χ3v) is 2.79. The summed E-state index contributed by atoms with van der Waals surface area (Å²) in [6, 6.07) is 14.7. The zero-order valence-corrected chi connectivity index (χ0v) is 11.4. The van der Waals surface area contributed by atoms with Gasteiger partial charge in [0.1, 0.15) is 0 Å². The lowest BCUT2D eigenvalue weighted by atomic mass is 10.1. The van der Waals surface area contributed by atoms with Gasteiger partial charge in [-0.3, -0.25) is 9.59 Å². The molecule has 0 unspecified atom stereocenters. The molecule has 4 heteroatoms. The number of carbonyl (C=O) groups excluding carboxylic acids is 2. The quantitative estimate of drug-likeness (QED) is 0.833. The van der Waals surface area contributed by atoms with Crippen LogP contribution in [0.1, 0.15) is 24.2 Å². The molecule has 2 aromatic carbocycles. The van der Waals surface area contributed by atoms with E-state index in [2.05, 4.69) is 10.6 Å². The van der Waals surface area contributed by atoms with Crippen LogP contribution in [0.15, 0.2) is 48.5 Å². The molecule has 4 nitrogen and oxygen atoms in total. The molecule has 0 radical (unpaired) electrons. The van der Waals surface area contributed by atoms with Crippen molar-refractivity contribution in [2.24, 2.45) is 0 Å². The maximum Gasteiger partial charge on any atom is 0.221 e. The molecule has 1 amide bonds. The fourth-order valence-corrected chi connectivity index (χ4v) is 1.80. The first-order valence-corrected chi connectivity index (χ1v) is 6.30. The van der Waals surface area contributed by atoms with Gasteiger partial charge in [-0.25, -0.2) is 0 Å². The Kier molecular flexibility index (Phi) is 4.15. The Bertz CT molecular complexity index is 616. The smallest absolute Gasteiger partial charge is 0.221 e. The Morgan fingerprint density at radius 2 is 1.20 bits per heavy atom. The van der Waals surface area contributed by atoms with Crippen molar-refractivity contribution in [3.05, 3.63) is 54.1 Å². The number of ketones is 1. The average molecular weight is 268 g/mol. The molecule has 2 N–H and O–H groups in total. The van der Waals surface area contributed by atoms with E-state index in [1.165, 1.54) is 6.92 Å². The van der Waals surface area contributed by atoms with E-state index in [9.17, 15) is 9.59 Å². The van der Waals surface area contributed by atoms with Crippen LogP contribution in [0.4, 0.5) is 17.1 Å². The first kappa shape index (κ1) is 13.8. The molecule has 0 aliphatic carbocycles. The van der Waals surface area contributed by atoms with Gasteiger partial charge in [-0.1, -0.05) is 0 Å². The molecule has 0 spiro atoms. The molecular weight excluding hydrogens is 252 g/mol. The van der Waals surface area contributed by atoms with Crippen molar-refractivity contribution in [3.63, 3.8) is 0 Å².